The largest absolute Gasteiger partial charge is 0.312 e. The number of allylic oxidation sites excluding steroid dienone is 3. The predicted octanol–water partition coefficient (Wildman–Crippen LogP) is 2.51. The van der Waals surface area contributed by atoms with Gasteiger partial charge in [0, 0.05) is 25.2 Å². The molecule has 3 rings (SSSR count). The fourth-order valence-corrected chi connectivity index (χ4v) is 4.68. The van der Waals surface area contributed by atoms with Crippen molar-refractivity contribution in [3.63, 3.8) is 0 Å². The van der Waals surface area contributed by atoms with Crippen LogP contribution in [0.5, 0.6) is 0 Å². The van der Waals surface area contributed by atoms with E-state index in [2.05, 4.69) is 17.2 Å². The third-order valence-electron chi connectivity index (χ3n) is 4.26. The Morgan fingerprint density at radius 1 is 1.29 bits per heavy atom. The van der Waals surface area contributed by atoms with Crippen LogP contribution in [-0.4, -0.2) is 33.0 Å². The summed E-state index contributed by atoms with van der Waals surface area (Å²) < 4.78 is 25.2. The van der Waals surface area contributed by atoms with Crippen LogP contribution in [0.2, 0.25) is 0 Å². The highest BCUT2D eigenvalue weighted by atomic mass is 32.2. The quantitative estimate of drug-likeness (QED) is 0.794. The van der Waals surface area contributed by atoms with Gasteiger partial charge in [-0.2, -0.15) is 0 Å². The van der Waals surface area contributed by atoms with Gasteiger partial charge in [0.1, 0.15) is 0 Å². The minimum absolute atomic E-state index is 0.232. The molecule has 0 aromatic rings. The first-order valence-electron chi connectivity index (χ1n) is 7.78. The molecule has 1 aliphatic carbocycles. The first-order chi connectivity index (χ1) is 10.1. The monoisotopic (exact) mass is 306 g/mol. The molecule has 2 heterocycles. The number of nitrogens with one attached hydrogen (secondary N) is 1. The Hall–Kier alpha value is -1.20. The van der Waals surface area contributed by atoms with Crippen LogP contribution < -0.4 is 5.32 Å². The van der Waals surface area contributed by atoms with Gasteiger partial charge in [0.25, 0.3) is 0 Å². The summed E-state index contributed by atoms with van der Waals surface area (Å²) in [6, 6.07) is 0. The molecule has 0 aromatic carbocycles. The first-order valence-corrected chi connectivity index (χ1v) is 9.43. The molecule has 0 amide bonds. The summed E-state index contributed by atoms with van der Waals surface area (Å²) in [4.78, 5) is 5.10. The lowest BCUT2D eigenvalue weighted by molar-refractivity contribution is 0.597. The number of sulfone groups is 1. The molecule has 0 atom stereocenters. The van der Waals surface area contributed by atoms with E-state index in [9.17, 15) is 8.42 Å². The van der Waals surface area contributed by atoms with E-state index in [1.165, 1.54) is 5.57 Å². The summed E-state index contributed by atoms with van der Waals surface area (Å²) in [6.45, 7) is 3.82. The number of piperidine rings is 1. The lowest BCUT2D eigenvalue weighted by atomic mass is 9.95. The highest BCUT2D eigenvalue weighted by Gasteiger charge is 2.31. The molecule has 1 N–H and O–H groups in total. The molecule has 0 radical (unpaired) electrons. The van der Waals surface area contributed by atoms with Gasteiger partial charge in [-0.3, -0.25) is 4.99 Å². The Balaban J connectivity index is 1.96. The molecule has 114 valence electrons. The van der Waals surface area contributed by atoms with Crippen LogP contribution >= 0.6 is 0 Å². The number of aliphatic imine (C=N–C) groups is 1. The lowest BCUT2D eigenvalue weighted by Gasteiger charge is -2.17. The van der Waals surface area contributed by atoms with Gasteiger partial charge in [-0.25, -0.2) is 8.42 Å². The molecule has 21 heavy (non-hydrogen) atoms. The number of nitrogens with zero attached hydrogens (tertiary/aromatic N) is 1. The third kappa shape index (κ3) is 2.77. The van der Waals surface area contributed by atoms with Gasteiger partial charge < -0.3 is 5.32 Å². The summed E-state index contributed by atoms with van der Waals surface area (Å²) in [6.07, 6.45) is 8.13. The average molecular weight is 306 g/mol. The van der Waals surface area contributed by atoms with E-state index in [0.717, 1.165) is 62.2 Å². The number of fused-ring (bicyclic) bond motifs is 2. The van der Waals surface area contributed by atoms with Crippen molar-refractivity contribution in [2.75, 3.05) is 18.8 Å². The molecule has 1 saturated heterocycles. The Morgan fingerprint density at radius 2 is 2.14 bits per heavy atom. The first kappa shape index (κ1) is 14.7. The zero-order chi connectivity index (χ0) is 14.9. The molecule has 2 aliphatic heterocycles. The van der Waals surface area contributed by atoms with Crippen LogP contribution in [0.3, 0.4) is 0 Å². The minimum atomic E-state index is -3.22. The Kier molecular flexibility index (Phi) is 4.13. The molecule has 4 nitrogen and oxygen atoms in total. The predicted molar refractivity (Wildman–Crippen MR) is 86.0 cm³/mol. The smallest absolute Gasteiger partial charge is 0.180 e. The van der Waals surface area contributed by atoms with Crippen molar-refractivity contribution in [2.45, 2.75) is 39.0 Å². The minimum Gasteiger partial charge on any atom is -0.312 e. The summed E-state index contributed by atoms with van der Waals surface area (Å²) in [5, 5.41) is 3.35. The molecular formula is C16H22N2O2S. The number of hydrogen-bond donors (Lipinski definition) is 1. The van der Waals surface area contributed by atoms with E-state index in [4.69, 9.17) is 0 Å². The molecule has 0 saturated carbocycles. The van der Waals surface area contributed by atoms with Gasteiger partial charge in [-0.1, -0.05) is 25.8 Å². The van der Waals surface area contributed by atoms with Crippen LogP contribution in [-0.2, 0) is 9.84 Å². The van der Waals surface area contributed by atoms with Crippen LogP contribution in [0.1, 0.15) is 39.0 Å². The van der Waals surface area contributed by atoms with Crippen molar-refractivity contribution in [1.29, 1.82) is 0 Å². The van der Waals surface area contributed by atoms with Crippen molar-refractivity contribution in [3.05, 3.63) is 33.9 Å². The van der Waals surface area contributed by atoms with Gasteiger partial charge in [-0.05, 0) is 30.1 Å². The Bertz CT molecular complexity index is 666. The van der Waals surface area contributed by atoms with Crippen molar-refractivity contribution in [2.24, 2.45) is 4.99 Å². The second-order valence-electron chi connectivity index (χ2n) is 5.79. The van der Waals surface area contributed by atoms with E-state index in [-0.39, 0.29) is 5.75 Å². The standard InChI is InChI=1S/C16H22N2O2S/c1-2-3-4-10-21(19,20)15-7-5-6-12-13-11-17-9-8-14(13)18-16(12)15/h5,7,17H,2-4,6,8-11H2,1H3. The van der Waals surface area contributed by atoms with Crippen molar-refractivity contribution >= 4 is 15.5 Å². The van der Waals surface area contributed by atoms with E-state index in [1.54, 1.807) is 6.08 Å². The molecule has 0 unspecified atom stereocenters. The SMILES string of the molecule is CCCCCS(=O)(=O)C1=C2N=C3CCNCC3=C2CC=C1. The molecule has 5 heteroatoms. The van der Waals surface area contributed by atoms with Gasteiger partial charge in [0.05, 0.1) is 16.4 Å². The van der Waals surface area contributed by atoms with Crippen molar-refractivity contribution in [3.8, 4) is 0 Å². The summed E-state index contributed by atoms with van der Waals surface area (Å²) in [5.41, 5.74) is 4.15. The summed E-state index contributed by atoms with van der Waals surface area (Å²) in [7, 11) is -3.22. The van der Waals surface area contributed by atoms with Gasteiger partial charge in [0.2, 0.25) is 0 Å². The van der Waals surface area contributed by atoms with Crippen molar-refractivity contribution < 1.29 is 8.42 Å². The molecular weight excluding hydrogens is 284 g/mol. The van der Waals surface area contributed by atoms with Crippen LogP contribution in [0.4, 0.5) is 0 Å². The van der Waals surface area contributed by atoms with E-state index in [0.29, 0.717) is 4.91 Å². The van der Waals surface area contributed by atoms with E-state index >= 15 is 0 Å². The third-order valence-corrected chi connectivity index (χ3v) is 6.09. The van der Waals surface area contributed by atoms with Crippen LogP contribution in [0, 0.1) is 0 Å². The highest BCUT2D eigenvalue weighted by Crippen LogP contribution is 2.37. The van der Waals surface area contributed by atoms with Crippen LogP contribution in [0.25, 0.3) is 0 Å². The maximum absolute atomic E-state index is 12.6. The fourth-order valence-electron chi connectivity index (χ4n) is 3.11. The number of hydrogen-bond acceptors (Lipinski definition) is 4. The highest BCUT2D eigenvalue weighted by molar-refractivity contribution is 7.95. The number of rotatable bonds is 5. The van der Waals surface area contributed by atoms with Crippen LogP contribution in [0.15, 0.2) is 38.9 Å². The summed E-state index contributed by atoms with van der Waals surface area (Å²) in [5.74, 6) is 0.232. The molecule has 0 bridgehead atoms. The molecule has 0 aromatic heterocycles. The van der Waals surface area contributed by atoms with E-state index in [1.807, 2.05) is 6.08 Å². The zero-order valence-electron chi connectivity index (χ0n) is 12.5. The second-order valence-corrected chi connectivity index (χ2v) is 7.87. The average Bonchev–Trinajstić information content (AvgIpc) is 2.85. The van der Waals surface area contributed by atoms with E-state index < -0.39 is 9.84 Å². The molecule has 1 fully saturated rings. The summed E-state index contributed by atoms with van der Waals surface area (Å²) >= 11 is 0. The van der Waals surface area contributed by atoms with Gasteiger partial charge in [0.15, 0.2) is 9.84 Å². The zero-order valence-corrected chi connectivity index (χ0v) is 13.3. The van der Waals surface area contributed by atoms with Crippen molar-refractivity contribution in [1.82, 2.24) is 5.32 Å². The second kappa shape index (κ2) is 5.89. The van der Waals surface area contributed by atoms with Gasteiger partial charge in [-0.15, -0.1) is 0 Å². The fraction of sp³-hybridized carbons (Fsp3) is 0.562. The number of unbranched alkanes of at least 4 members (excludes halogenated alkanes) is 2. The maximum atomic E-state index is 12.6. The van der Waals surface area contributed by atoms with Gasteiger partial charge >= 0.3 is 0 Å². The normalized spacial score (nSPS) is 21.5. The molecule has 0 spiro atoms. The lowest BCUT2D eigenvalue weighted by Crippen LogP contribution is -2.29. The Labute approximate surface area is 126 Å². The topological polar surface area (TPSA) is 58.5 Å². The molecule has 3 aliphatic rings. The maximum Gasteiger partial charge on any atom is 0.180 e. The Morgan fingerprint density at radius 3 is 2.95 bits per heavy atom.